The van der Waals surface area contributed by atoms with E-state index in [2.05, 4.69) is 5.32 Å². The zero-order valence-electron chi connectivity index (χ0n) is 20.9. The van der Waals surface area contributed by atoms with Gasteiger partial charge in [-0.15, -0.1) is 0 Å². The van der Waals surface area contributed by atoms with E-state index in [0.717, 1.165) is 6.07 Å². The van der Waals surface area contributed by atoms with Gasteiger partial charge in [0.2, 0.25) is 0 Å². The second-order valence-electron chi connectivity index (χ2n) is 10.4. The van der Waals surface area contributed by atoms with Crippen molar-refractivity contribution in [2.45, 2.75) is 48.0 Å². The van der Waals surface area contributed by atoms with Crippen LogP contribution < -0.4 is 5.32 Å². The van der Waals surface area contributed by atoms with Crippen LogP contribution in [0.25, 0.3) is 0 Å². The fourth-order valence-electron chi connectivity index (χ4n) is 5.81. The summed E-state index contributed by atoms with van der Waals surface area (Å²) in [5.41, 5.74) is -1.81. The van der Waals surface area contributed by atoms with Crippen molar-refractivity contribution in [3.05, 3.63) is 58.4 Å². The van der Waals surface area contributed by atoms with Crippen LogP contribution in [0.3, 0.4) is 0 Å². The Morgan fingerprint density at radius 1 is 1.18 bits per heavy atom. The third-order valence-corrected chi connectivity index (χ3v) is 10.4. The van der Waals surface area contributed by atoms with Gasteiger partial charge in [0.15, 0.2) is 27.3 Å². The fraction of sp³-hybridized carbons (Fsp3) is 0.500. The van der Waals surface area contributed by atoms with Crippen molar-refractivity contribution in [1.29, 1.82) is 0 Å². The highest BCUT2D eigenvalue weighted by Crippen LogP contribution is 2.54. The van der Waals surface area contributed by atoms with E-state index < -0.39 is 68.6 Å². The van der Waals surface area contributed by atoms with Crippen molar-refractivity contribution in [3.63, 3.8) is 0 Å². The molecule has 4 rings (SSSR count). The van der Waals surface area contributed by atoms with Gasteiger partial charge in [0.25, 0.3) is 5.91 Å². The molecule has 2 bridgehead atoms. The van der Waals surface area contributed by atoms with E-state index in [9.17, 15) is 36.6 Å². The molecule has 8 nitrogen and oxygen atoms in total. The number of nitrogens with one attached hydrogen (secondary N) is 1. The second-order valence-corrected chi connectivity index (χ2v) is 13.0. The normalized spacial score (nSPS) is 27.4. The molecule has 4 unspecified atom stereocenters. The number of amides is 1. The highest BCUT2D eigenvalue weighted by molar-refractivity contribution is 7.92. The number of rotatable bonds is 9. The van der Waals surface area contributed by atoms with Crippen molar-refractivity contribution in [3.8, 4) is 0 Å². The van der Waals surface area contributed by atoms with Gasteiger partial charge in [0.05, 0.1) is 40.6 Å². The summed E-state index contributed by atoms with van der Waals surface area (Å²) >= 11 is 6.24. The monoisotopic (exact) mass is 591 g/mol. The lowest BCUT2D eigenvalue weighted by molar-refractivity contribution is -0.128. The SMILES string of the molecule is C[C@H]1CC2CC(S(=O)(=O)c3cc(C(=O)Nc4cc(F)c(F)c(F)c4)ccc3Cl)CC1[C@@]2(O)COCC(O)CO. The standard InChI is InChI=1S/C26H29ClF3NO7S/c1-13-4-15-6-18(9-19(13)26(15,35)12-38-11-17(33)10-32)39(36,37)23-5-14(2-3-20(23)27)25(34)31-16-7-21(28)24(30)22(29)8-16/h2-3,5,7-8,13,15,17-19,32-33,35H,4,6,9-12H2,1H3,(H,31,34)/t13-,15?,17?,18?,19?,26+/m0/s1. The van der Waals surface area contributed by atoms with E-state index in [0.29, 0.717) is 18.6 Å². The van der Waals surface area contributed by atoms with Gasteiger partial charge in [-0.3, -0.25) is 4.79 Å². The highest BCUT2D eigenvalue weighted by atomic mass is 35.5. The number of carbonyl (C=O) groups is 1. The zero-order valence-corrected chi connectivity index (χ0v) is 22.5. The summed E-state index contributed by atoms with van der Waals surface area (Å²) in [6.07, 6.45) is -0.288. The van der Waals surface area contributed by atoms with Crippen molar-refractivity contribution in [1.82, 2.24) is 0 Å². The Balaban J connectivity index is 1.54. The summed E-state index contributed by atoms with van der Waals surface area (Å²) in [5, 5.41) is 31.1. The first-order valence-corrected chi connectivity index (χ1v) is 14.3. The minimum atomic E-state index is -4.08. The lowest BCUT2D eigenvalue weighted by Gasteiger charge is -2.43. The predicted octanol–water partition coefficient (Wildman–Crippen LogP) is 3.32. The molecule has 0 spiro atoms. The van der Waals surface area contributed by atoms with Crippen molar-refractivity contribution in [2.24, 2.45) is 17.8 Å². The molecule has 2 aliphatic rings. The molecule has 0 aliphatic heterocycles. The fourth-order valence-corrected chi connectivity index (χ4v) is 8.19. The van der Waals surface area contributed by atoms with E-state index in [1.165, 1.54) is 12.1 Å². The maximum atomic E-state index is 13.7. The van der Waals surface area contributed by atoms with E-state index in [1.54, 1.807) is 0 Å². The Kier molecular flexibility index (Phi) is 8.65. The maximum Gasteiger partial charge on any atom is 0.255 e. The molecule has 4 N–H and O–H groups in total. The number of hydrogen-bond acceptors (Lipinski definition) is 7. The molecule has 2 saturated carbocycles. The first kappa shape index (κ1) is 29.8. The molecule has 1 amide bonds. The van der Waals surface area contributed by atoms with E-state index in [4.69, 9.17) is 21.4 Å². The molecule has 2 fully saturated rings. The topological polar surface area (TPSA) is 133 Å². The van der Waals surface area contributed by atoms with Crippen LogP contribution in [0, 0.1) is 35.2 Å². The molecule has 6 atom stereocenters. The highest BCUT2D eigenvalue weighted by Gasteiger charge is 2.58. The Morgan fingerprint density at radius 3 is 2.46 bits per heavy atom. The molecule has 0 saturated heterocycles. The smallest absolute Gasteiger partial charge is 0.255 e. The van der Waals surface area contributed by atoms with Gasteiger partial charge in [-0.25, -0.2) is 21.6 Å². The average molecular weight is 592 g/mol. The summed E-state index contributed by atoms with van der Waals surface area (Å²) < 4.78 is 73.2. The molecule has 39 heavy (non-hydrogen) atoms. The predicted molar refractivity (Wildman–Crippen MR) is 136 cm³/mol. The van der Waals surface area contributed by atoms with Crippen molar-refractivity contribution >= 4 is 33.0 Å². The van der Waals surface area contributed by atoms with Crippen molar-refractivity contribution in [2.75, 3.05) is 25.1 Å². The molecular formula is C26H29ClF3NO7S. The second kappa shape index (κ2) is 11.3. The molecule has 2 aliphatic carbocycles. The number of ether oxygens (including phenoxy) is 1. The Hall–Kier alpha value is -2.22. The number of sulfone groups is 1. The Bertz CT molecular complexity index is 1340. The first-order chi connectivity index (χ1) is 18.3. The van der Waals surface area contributed by atoms with E-state index in [1.807, 2.05) is 6.92 Å². The molecule has 2 aromatic rings. The van der Waals surface area contributed by atoms with Gasteiger partial charge in [0.1, 0.15) is 6.10 Å². The lowest BCUT2D eigenvalue weighted by Crippen LogP contribution is -2.52. The maximum absolute atomic E-state index is 13.7. The molecular weight excluding hydrogens is 563 g/mol. The number of anilines is 1. The summed E-state index contributed by atoms with van der Waals surface area (Å²) in [6.45, 7) is 1.15. The third-order valence-electron chi connectivity index (χ3n) is 7.79. The summed E-state index contributed by atoms with van der Waals surface area (Å²) in [7, 11) is -4.08. The summed E-state index contributed by atoms with van der Waals surface area (Å²) in [6, 6.07) is 4.74. The number of carbonyl (C=O) groups excluding carboxylic acids is 1. The van der Waals surface area contributed by atoms with Crippen LogP contribution in [0.5, 0.6) is 0 Å². The molecule has 0 heterocycles. The quantitative estimate of drug-likeness (QED) is 0.329. The molecule has 0 aromatic heterocycles. The molecule has 214 valence electrons. The molecule has 2 aromatic carbocycles. The van der Waals surface area contributed by atoms with Crippen LogP contribution in [0.4, 0.5) is 18.9 Å². The Labute approximate surface area is 228 Å². The van der Waals surface area contributed by atoms with Gasteiger partial charge in [0, 0.05) is 23.4 Å². The van der Waals surface area contributed by atoms with Gasteiger partial charge in [-0.1, -0.05) is 18.5 Å². The number of benzene rings is 2. The lowest BCUT2D eigenvalue weighted by atomic mass is 9.73. The largest absolute Gasteiger partial charge is 0.394 e. The van der Waals surface area contributed by atoms with Gasteiger partial charge in [-0.05, 0) is 55.2 Å². The minimum Gasteiger partial charge on any atom is -0.394 e. The third kappa shape index (κ3) is 5.82. The average Bonchev–Trinajstić information content (AvgIpc) is 2.99. The summed E-state index contributed by atoms with van der Waals surface area (Å²) in [5.74, 6) is -6.41. The number of halogens is 4. The van der Waals surface area contributed by atoms with Crippen LogP contribution in [0.2, 0.25) is 5.02 Å². The number of fused-ring (bicyclic) bond motifs is 2. The number of aliphatic hydroxyl groups is 3. The van der Waals surface area contributed by atoms with E-state index in [-0.39, 0.29) is 53.1 Å². The molecule has 0 radical (unpaired) electrons. The number of aliphatic hydroxyl groups excluding tert-OH is 2. The summed E-state index contributed by atoms with van der Waals surface area (Å²) in [4.78, 5) is 12.4. The zero-order chi connectivity index (χ0) is 28.7. The minimum absolute atomic E-state index is 0.00403. The van der Waals surface area contributed by atoms with Crippen LogP contribution in [0.1, 0.15) is 36.5 Å². The van der Waals surface area contributed by atoms with Crippen LogP contribution >= 0.6 is 11.6 Å². The van der Waals surface area contributed by atoms with Gasteiger partial charge < -0.3 is 25.4 Å². The van der Waals surface area contributed by atoms with Crippen LogP contribution in [-0.2, 0) is 14.6 Å². The van der Waals surface area contributed by atoms with Gasteiger partial charge in [-0.2, -0.15) is 0 Å². The Morgan fingerprint density at radius 2 is 1.85 bits per heavy atom. The van der Waals surface area contributed by atoms with Gasteiger partial charge >= 0.3 is 0 Å². The van der Waals surface area contributed by atoms with Crippen molar-refractivity contribution < 1.29 is 46.4 Å². The molecule has 13 heteroatoms. The van der Waals surface area contributed by atoms with E-state index >= 15 is 0 Å². The van der Waals surface area contributed by atoms with Crippen LogP contribution in [-0.4, -0.2) is 66.4 Å². The first-order valence-electron chi connectivity index (χ1n) is 12.4. The number of hydrogen-bond donors (Lipinski definition) is 4. The van der Waals surface area contributed by atoms with Crippen LogP contribution in [0.15, 0.2) is 35.2 Å².